The molecule has 1 rings (SSSR count). The molecular formula is C12H16ClN. The fourth-order valence-corrected chi connectivity index (χ4v) is 1.50. The summed E-state index contributed by atoms with van der Waals surface area (Å²) in [5.74, 6) is 0.576. The summed E-state index contributed by atoms with van der Waals surface area (Å²) in [6.45, 7) is 1.01. The normalized spacial score (nSPS) is 11.0. The summed E-state index contributed by atoms with van der Waals surface area (Å²) in [7, 11) is 1.96. The third kappa shape index (κ3) is 3.52. The molecule has 0 bridgehead atoms. The van der Waals surface area contributed by atoms with Crippen LogP contribution in [-0.2, 0) is 5.88 Å². The number of halogens is 1. The SMILES string of the molecule is CNCCC=Cc1ccccc1CCl. The highest BCUT2D eigenvalue weighted by molar-refractivity contribution is 6.17. The molecule has 0 unspecified atom stereocenters. The van der Waals surface area contributed by atoms with Gasteiger partial charge in [-0.05, 0) is 31.1 Å². The van der Waals surface area contributed by atoms with Gasteiger partial charge >= 0.3 is 0 Å². The molecule has 1 nitrogen and oxygen atoms in total. The fraction of sp³-hybridized carbons (Fsp3) is 0.333. The summed E-state index contributed by atoms with van der Waals surface area (Å²) in [6, 6.07) is 8.20. The predicted octanol–water partition coefficient (Wildman–Crippen LogP) is 3.05. The molecule has 0 amide bonds. The van der Waals surface area contributed by atoms with E-state index in [9.17, 15) is 0 Å². The number of benzene rings is 1. The van der Waals surface area contributed by atoms with Crippen molar-refractivity contribution >= 4 is 17.7 Å². The Morgan fingerprint density at radius 1 is 1.36 bits per heavy atom. The second-order valence-corrected chi connectivity index (χ2v) is 3.39. The lowest BCUT2D eigenvalue weighted by atomic mass is 10.1. The molecule has 76 valence electrons. The highest BCUT2D eigenvalue weighted by Crippen LogP contribution is 2.13. The first-order valence-electron chi connectivity index (χ1n) is 4.83. The van der Waals surface area contributed by atoms with Gasteiger partial charge in [0.1, 0.15) is 0 Å². The van der Waals surface area contributed by atoms with Crippen LogP contribution in [0.1, 0.15) is 17.5 Å². The molecule has 0 aromatic heterocycles. The topological polar surface area (TPSA) is 12.0 Å². The van der Waals surface area contributed by atoms with Crippen molar-refractivity contribution in [1.29, 1.82) is 0 Å². The van der Waals surface area contributed by atoms with Crippen molar-refractivity contribution in [2.75, 3.05) is 13.6 Å². The predicted molar refractivity (Wildman–Crippen MR) is 63.6 cm³/mol. The van der Waals surface area contributed by atoms with E-state index in [1.165, 1.54) is 11.1 Å². The van der Waals surface area contributed by atoms with E-state index < -0.39 is 0 Å². The van der Waals surface area contributed by atoms with Crippen LogP contribution in [0.15, 0.2) is 30.3 Å². The average molecular weight is 210 g/mol. The minimum atomic E-state index is 0.576. The van der Waals surface area contributed by atoms with Gasteiger partial charge in [-0.1, -0.05) is 36.4 Å². The Hall–Kier alpha value is -0.790. The summed E-state index contributed by atoms with van der Waals surface area (Å²) in [6.07, 6.45) is 5.35. The Balaban J connectivity index is 2.61. The van der Waals surface area contributed by atoms with Crippen LogP contribution in [0.5, 0.6) is 0 Å². The van der Waals surface area contributed by atoms with Crippen LogP contribution in [0.3, 0.4) is 0 Å². The molecule has 0 heterocycles. The second-order valence-electron chi connectivity index (χ2n) is 3.13. The van der Waals surface area contributed by atoms with Crippen molar-refractivity contribution in [3.63, 3.8) is 0 Å². The third-order valence-corrected chi connectivity index (χ3v) is 2.35. The largest absolute Gasteiger partial charge is 0.319 e. The molecule has 0 aliphatic rings. The lowest BCUT2D eigenvalue weighted by Gasteiger charge is -2.00. The van der Waals surface area contributed by atoms with Gasteiger partial charge < -0.3 is 5.32 Å². The van der Waals surface area contributed by atoms with Gasteiger partial charge in [0, 0.05) is 5.88 Å². The zero-order valence-corrected chi connectivity index (χ0v) is 9.22. The summed E-state index contributed by atoms with van der Waals surface area (Å²) < 4.78 is 0. The van der Waals surface area contributed by atoms with Crippen molar-refractivity contribution in [3.8, 4) is 0 Å². The number of alkyl halides is 1. The fourth-order valence-electron chi connectivity index (χ4n) is 1.26. The number of rotatable bonds is 5. The van der Waals surface area contributed by atoms with Crippen molar-refractivity contribution in [2.45, 2.75) is 12.3 Å². The average Bonchev–Trinajstić information content (AvgIpc) is 2.25. The Kier molecular flexibility index (Phi) is 5.35. The standard InChI is InChI=1S/C12H16ClN/c1-14-9-5-4-7-11-6-2-3-8-12(11)10-13/h2-4,6-8,14H,5,9-10H2,1H3. The first-order valence-corrected chi connectivity index (χ1v) is 5.37. The van der Waals surface area contributed by atoms with E-state index in [2.05, 4.69) is 29.6 Å². The van der Waals surface area contributed by atoms with E-state index in [0.29, 0.717) is 5.88 Å². The van der Waals surface area contributed by atoms with E-state index in [1.54, 1.807) is 0 Å². The molecule has 0 saturated heterocycles. The molecule has 0 fully saturated rings. The Labute approximate surface area is 90.8 Å². The molecule has 0 aliphatic carbocycles. The molecule has 0 aliphatic heterocycles. The molecule has 2 heteroatoms. The van der Waals surface area contributed by atoms with Crippen LogP contribution in [0.4, 0.5) is 0 Å². The highest BCUT2D eigenvalue weighted by atomic mass is 35.5. The Morgan fingerprint density at radius 3 is 2.86 bits per heavy atom. The third-order valence-electron chi connectivity index (χ3n) is 2.06. The molecule has 1 aromatic rings. The smallest absolute Gasteiger partial charge is 0.0479 e. The molecular weight excluding hydrogens is 194 g/mol. The van der Waals surface area contributed by atoms with Gasteiger partial charge in [0.2, 0.25) is 0 Å². The maximum Gasteiger partial charge on any atom is 0.0479 e. The number of nitrogens with one attached hydrogen (secondary N) is 1. The number of hydrogen-bond donors (Lipinski definition) is 1. The zero-order valence-electron chi connectivity index (χ0n) is 8.46. The minimum Gasteiger partial charge on any atom is -0.319 e. The molecule has 0 atom stereocenters. The van der Waals surface area contributed by atoms with Crippen LogP contribution >= 0.6 is 11.6 Å². The molecule has 1 aromatic carbocycles. The Bertz CT molecular complexity index is 294. The van der Waals surface area contributed by atoms with E-state index in [-0.39, 0.29) is 0 Å². The van der Waals surface area contributed by atoms with Crippen molar-refractivity contribution < 1.29 is 0 Å². The van der Waals surface area contributed by atoms with Gasteiger partial charge in [-0.2, -0.15) is 0 Å². The first kappa shape index (κ1) is 11.3. The lowest BCUT2D eigenvalue weighted by Crippen LogP contribution is -2.05. The van der Waals surface area contributed by atoms with Crippen LogP contribution in [0, 0.1) is 0 Å². The lowest BCUT2D eigenvalue weighted by molar-refractivity contribution is 0.809. The number of hydrogen-bond acceptors (Lipinski definition) is 1. The zero-order chi connectivity index (χ0) is 10.2. The van der Waals surface area contributed by atoms with Crippen LogP contribution in [0.25, 0.3) is 6.08 Å². The monoisotopic (exact) mass is 209 g/mol. The molecule has 14 heavy (non-hydrogen) atoms. The van der Waals surface area contributed by atoms with Gasteiger partial charge in [0.25, 0.3) is 0 Å². The maximum atomic E-state index is 5.83. The maximum absolute atomic E-state index is 5.83. The van der Waals surface area contributed by atoms with Crippen molar-refractivity contribution in [1.82, 2.24) is 5.32 Å². The summed E-state index contributed by atoms with van der Waals surface area (Å²) in [5, 5.41) is 3.11. The van der Waals surface area contributed by atoms with Gasteiger partial charge in [-0.25, -0.2) is 0 Å². The first-order chi connectivity index (χ1) is 6.88. The van der Waals surface area contributed by atoms with Crippen molar-refractivity contribution in [3.05, 3.63) is 41.5 Å². The summed E-state index contributed by atoms with van der Waals surface area (Å²) in [5.41, 5.74) is 2.41. The second kappa shape index (κ2) is 6.63. The van der Waals surface area contributed by atoms with Gasteiger partial charge in [-0.3, -0.25) is 0 Å². The van der Waals surface area contributed by atoms with Gasteiger partial charge in [-0.15, -0.1) is 11.6 Å². The van der Waals surface area contributed by atoms with Crippen LogP contribution < -0.4 is 5.32 Å². The van der Waals surface area contributed by atoms with Crippen molar-refractivity contribution in [2.24, 2.45) is 0 Å². The highest BCUT2D eigenvalue weighted by Gasteiger charge is 1.94. The van der Waals surface area contributed by atoms with Gasteiger partial charge in [0.05, 0.1) is 0 Å². The molecule has 0 spiro atoms. The minimum absolute atomic E-state index is 0.576. The summed E-state index contributed by atoms with van der Waals surface area (Å²) >= 11 is 5.83. The molecule has 0 radical (unpaired) electrons. The molecule has 0 saturated carbocycles. The van der Waals surface area contributed by atoms with Crippen LogP contribution in [-0.4, -0.2) is 13.6 Å². The van der Waals surface area contributed by atoms with Gasteiger partial charge in [0.15, 0.2) is 0 Å². The van der Waals surface area contributed by atoms with E-state index in [4.69, 9.17) is 11.6 Å². The van der Waals surface area contributed by atoms with E-state index in [1.807, 2.05) is 19.2 Å². The van der Waals surface area contributed by atoms with Crippen LogP contribution in [0.2, 0.25) is 0 Å². The summed E-state index contributed by atoms with van der Waals surface area (Å²) in [4.78, 5) is 0. The molecule has 1 N–H and O–H groups in total. The van der Waals surface area contributed by atoms with E-state index >= 15 is 0 Å². The Morgan fingerprint density at radius 2 is 2.14 bits per heavy atom. The van der Waals surface area contributed by atoms with E-state index in [0.717, 1.165) is 13.0 Å². The quantitative estimate of drug-likeness (QED) is 0.581.